The first-order valence-corrected chi connectivity index (χ1v) is 19.0. The van der Waals surface area contributed by atoms with Crippen LogP contribution in [0.4, 0.5) is 0 Å². The Labute approximate surface area is 332 Å². The average molecular weight is 743 g/mol. The Hall–Kier alpha value is -8.10. The smallest absolute Gasteiger partial charge is 0.160 e. The van der Waals surface area contributed by atoms with E-state index >= 15 is 0 Å². The van der Waals surface area contributed by atoms with Crippen molar-refractivity contribution < 1.29 is 0 Å². The Balaban J connectivity index is 1.11. The summed E-state index contributed by atoms with van der Waals surface area (Å²) in [6.45, 7) is 0. The normalized spacial score (nSPS) is 11.4. The van der Waals surface area contributed by atoms with Gasteiger partial charge in [-0.2, -0.15) is 0 Å². The highest BCUT2D eigenvalue weighted by atomic mass is 14.9. The highest BCUT2D eigenvalue weighted by Gasteiger charge is 2.19. The largest absolute Gasteiger partial charge is 0.250 e. The molecule has 8 heteroatoms. The van der Waals surface area contributed by atoms with Gasteiger partial charge in [0.1, 0.15) is 22.1 Å². The highest BCUT2D eigenvalue weighted by molar-refractivity contribution is 6.09. The molecule has 11 rings (SSSR count). The van der Waals surface area contributed by atoms with E-state index in [2.05, 4.69) is 36.4 Å². The minimum atomic E-state index is 0.605. The number of aromatic nitrogens is 8. The van der Waals surface area contributed by atoms with Crippen LogP contribution in [0, 0.1) is 0 Å². The SMILES string of the molecule is c1ccc(-c2cnc3c(ccc4c(-c5cccc(-c6nc(-c7ccccc7)nc7c6ccc6nc(-c8ccccc8)cnc67)c5)nc(-c5ccccc5)nc43)n2)cc1. The molecule has 11 aromatic rings. The molecule has 4 aromatic heterocycles. The van der Waals surface area contributed by atoms with Gasteiger partial charge in [0.15, 0.2) is 11.6 Å². The quantitative estimate of drug-likeness (QED) is 0.155. The summed E-state index contributed by atoms with van der Waals surface area (Å²) in [6, 6.07) is 56.8. The van der Waals surface area contributed by atoms with Crippen LogP contribution in [0.1, 0.15) is 0 Å². The van der Waals surface area contributed by atoms with Gasteiger partial charge in [0.05, 0.1) is 46.2 Å². The van der Waals surface area contributed by atoms with Crippen LogP contribution in [-0.4, -0.2) is 39.9 Å². The van der Waals surface area contributed by atoms with Crippen molar-refractivity contribution in [3.63, 3.8) is 0 Å². The van der Waals surface area contributed by atoms with E-state index in [1.54, 1.807) is 0 Å². The second-order valence-electron chi connectivity index (χ2n) is 14.0. The lowest BCUT2D eigenvalue weighted by atomic mass is 9.99. The van der Waals surface area contributed by atoms with Gasteiger partial charge in [0.2, 0.25) is 0 Å². The van der Waals surface area contributed by atoms with Gasteiger partial charge in [-0.3, -0.25) is 9.97 Å². The average Bonchev–Trinajstić information content (AvgIpc) is 3.31. The van der Waals surface area contributed by atoms with Crippen molar-refractivity contribution >= 4 is 43.9 Å². The first-order valence-electron chi connectivity index (χ1n) is 19.0. The molecule has 0 saturated carbocycles. The molecule has 0 aliphatic carbocycles. The summed E-state index contributed by atoms with van der Waals surface area (Å²) in [7, 11) is 0. The van der Waals surface area contributed by atoms with Gasteiger partial charge in [0.25, 0.3) is 0 Å². The van der Waals surface area contributed by atoms with Gasteiger partial charge in [-0.1, -0.05) is 140 Å². The minimum absolute atomic E-state index is 0.605. The third-order valence-corrected chi connectivity index (χ3v) is 10.4. The van der Waals surface area contributed by atoms with Crippen LogP contribution >= 0.6 is 0 Å². The van der Waals surface area contributed by atoms with Crippen LogP contribution in [0.2, 0.25) is 0 Å². The zero-order valence-electron chi connectivity index (χ0n) is 30.9. The van der Waals surface area contributed by atoms with Crippen molar-refractivity contribution in [1.82, 2.24) is 39.9 Å². The van der Waals surface area contributed by atoms with Gasteiger partial charge in [-0.05, 0) is 30.3 Å². The highest BCUT2D eigenvalue weighted by Crippen LogP contribution is 2.37. The molecule has 0 radical (unpaired) electrons. The minimum Gasteiger partial charge on any atom is -0.250 e. The summed E-state index contributed by atoms with van der Waals surface area (Å²) in [5, 5.41) is 1.75. The third kappa shape index (κ3) is 5.88. The Morgan fingerprint density at radius 2 is 0.655 bits per heavy atom. The summed E-state index contributed by atoms with van der Waals surface area (Å²) >= 11 is 0. The van der Waals surface area contributed by atoms with E-state index in [0.29, 0.717) is 22.7 Å². The maximum atomic E-state index is 5.24. The first-order chi connectivity index (χ1) is 28.7. The predicted octanol–water partition coefficient (Wildman–Crippen LogP) is 11.5. The molecule has 0 bridgehead atoms. The van der Waals surface area contributed by atoms with Crippen LogP contribution < -0.4 is 0 Å². The van der Waals surface area contributed by atoms with Crippen LogP contribution in [-0.2, 0) is 0 Å². The van der Waals surface area contributed by atoms with Gasteiger partial charge < -0.3 is 0 Å². The predicted molar refractivity (Wildman–Crippen MR) is 231 cm³/mol. The monoisotopic (exact) mass is 742 g/mol. The molecule has 7 aromatic carbocycles. The number of benzene rings is 7. The van der Waals surface area contributed by atoms with Gasteiger partial charge in [-0.15, -0.1) is 0 Å². The number of nitrogens with zero attached hydrogens (tertiary/aromatic N) is 8. The molecule has 0 atom stereocenters. The molecule has 4 heterocycles. The van der Waals surface area contributed by atoms with Gasteiger partial charge in [-0.25, -0.2) is 29.9 Å². The fourth-order valence-electron chi connectivity index (χ4n) is 7.53. The molecular weight excluding hydrogens is 713 g/mol. The number of hydrogen-bond donors (Lipinski definition) is 0. The number of rotatable bonds is 6. The fourth-order valence-corrected chi connectivity index (χ4v) is 7.53. The first kappa shape index (κ1) is 33.3. The van der Waals surface area contributed by atoms with E-state index < -0.39 is 0 Å². The molecule has 0 N–H and O–H groups in total. The van der Waals surface area contributed by atoms with Crippen LogP contribution in [0.25, 0.3) is 112 Å². The van der Waals surface area contributed by atoms with E-state index in [1.807, 2.05) is 146 Å². The van der Waals surface area contributed by atoms with Crippen LogP contribution in [0.3, 0.4) is 0 Å². The second kappa shape index (κ2) is 13.9. The molecule has 270 valence electrons. The summed E-state index contributed by atoms with van der Waals surface area (Å²) < 4.78 is 0. The molecule has 0 aliphatic heterocycles. The van der Waals surface area contributed by atoms with Gasteiger partial charge in [0, 0.05) is 44.2 Å². The number of fused-ring (bicyclic) bond motifs is 6. The number of hydrogen-bond acceptors (Lipinski definition) is 8. The molecule has 0 unspecified atom stereocenters. The van der Waals surface area contributed by atoms with E-state index in [-0.39, 0.29) is 0 Å². The zero-order chi connectivity index (χ0) is 38.4. The summed E-state index contributed by atoms with van der Waals surface area (Å²) in [5.74, 6) is 1.21. The standard InChI is InChI=1S/C50H30N8/c1-5-14-31(15-6-1)41-29-51-47-39(53-41)26-24-37-43(55-49(57-45(37)47)33-18-9-3-10-19-33)35-22-13-23-36(28-35)44-38-25-27-40-48(52-30-42(54-40)32-16-7-2-8-17-32)46(38)58-50(56-44)34-20-11-4-12-21-34/h1-30H. The Kier molecular flexibility index (Phi) is 7.96. The topological polar surface area (TPSA) is 103 Å². The molecule has 0 saturated heterocycles. The lowest BCUT2D eigenvalue weighted by Crippen LogP contribution is -1.99. The zero-order valence-corrected chi connectivity index (χ0v) is 30.9. The molecule has 0 aliphatic rings. The summed E-state index contributed by atoms with van der Waals surface area (Å²) in [6.07, 6.45) is 3.64. The van der Waals surface area contributed by atoms with E-state index in [0.717, 1.165) is 89.0 Å². The van der Waals surface area contributed by atoms with E-state index in [9.17, 15) is 0 Å². The summed E-state index contributed by atoms with van der Waals surface area (Å²) in [4.78, 5) is 40.7. The molecule has 0 amide bonds. The second-order valence-corrected chi connectivity index (χ2v) is 14.0. The van der Waals surface area contributed by atoms with Crippen molar-refractivity contribution in [2.24, 2.45) is 0 Å². The van der Waals surface area contributed by atoms with Crippen LogP contribution in [0.5, 0.6) is 0 Å². The maximum Gasteiger partial charge on any atom is 0.160 e. The fraction of sp³-hybridized carbons (Fsp3) is 0. The van der Waals surface area contributed by atoms with Crippen molar-refractivity contribution in [2.75, 3.05) is 0 Å². The van der Waals surface area contributed by atoms with Crippen molar-refractivity contribution in [2.45, 2.75) is 0 Å². The molecule has 58 heavy (non-hydrogen) atoms. The third-order valence-electron chi connectivity index (χ3n) is 10.4. The Morgan fingerprint density at radius 1 is 0.276 bits per heavy atom. The Morgan fingerprint density at radius 3 is 1.07 bits per heavy atom. The molecule has 0 spiro atoms. The van der Waals surface area contributed by atoms with Gasteiger partial charge >= 0.3 is 0 Å². The van der Waals surface area contributed by atoms with Crippen LogP contribution in [0.15, 0.2) is 182 Å². The lowest BCUT2D eigenvalue weighted by Gasteiger charge is -2.14. The lowest BCUT2D eigenvalue weighted by molar-refractivity contribution is 1.22. The maximum absolute atomic E-state index is 5.24. The van der Waals surface area contributed by atoms with E-state index in [1.165, 1.54) is 0 Å². The van der Waals surface area contributed by atoms with Crippen molar-refractivity contribution in [3.05, 3.63) is 182 Å². The van der Waals surface area contributed by atoms with E-state index in [4.69, 9.17) is 39.9 Å². The summed E-state index contributed by atoms with van der Waals surface area (Å²) in [5.41, 5.74) is 13.3. The molecule has 8 nitrogen and oxygen atoms in total. The Bertz CT molecular complexity index is 3100. The van der Waals surface area contributed by atoms with Crippen molar-refractivity contribution in [3.8, 4) is 67.8 Å². The van der Waals surface area contributed by atoms with Crippen molar-refractivity contribution in [1.29, 1.82) is 0 Å². The molecular formula is C50H30N8. The molecule has 0 fully saturated rings.